The summed E-state index contributed by atoms with van der Waals surface area (Å²) in [4.78, 5) is 10.5. The SMILES string of the molecule is O=C(O)c1cc(S(=O)(=O)NCCCOCC2CC2)c(Br)o1. The van der Waals surface area contributed by atoms with Gasteiger partial charge in [0.2, 0.25) is 15.8 Å². The van der Waals surface area contributed by atoms with Crippen LogP contribution >= 0.6 is 15.9 Å². The smallest absolute Gasteiger partial charge is 0.371 e. The quantitative estimate of drug-likeness (QED) is 0.632. The summed E-state index contributed by atoms with van der Waals surface area (Å²) in [5.41, 5.74) is 0. The first kappa shape index (κ1) is 16.5. The number of furan rings is 1. The number of hydrogen-bond acceptors (Lipinski definition) is 5. The Bertz CT molecular complexity index is 607. The van der Waals surface area contributed by atoms with Crippen LogP contribution in [0.4, 0.5) is 0 Å². The van der Waals surface area contributed by atoms with Crippen LogP contribution in [0, 0.1) is 5.92 Å². The Labute approximate surface area is 130 Å². The van der Waals surface area contributed by atoms with E-state index in [1.807, 2.05) is 0 Å². The third-order valence-electron chi connectivity index (χ3n) is 2.96. The average Bonchev–Trinajstić information content (AvgIpc) is 3.13. The maximum absolute atomic E-state index is 12.0. The summed E-state index contributed by atoms with van der Waals surface area (Å²) < 4.78 is 36.5. The van der Waals surface area contributed by atoms with E-state index in [2.05, 4.69) is 20.7 Å². The fourth-order valence-corrected chi connectivity index (χ4v) is 3.65. The maximum atomic E-state index is 12.0. The van der Waals surface area contributed by atoms with Crippen molar-refractivity contribution in [2.75, 3.05) is 19.8 Å². The molecule has 21 heavy (non-hydrogen) atoms. The second kappa shape index (κ2) is 6.91. The minimum atomic E-state index is -3.80. The minimum Gasteiger partial charge on any atom is -0.475 e. The first-order valence-corrected chi connectivity index (χ1v) is 8.78. The van der Waals surface area contributed by atoms with Crippen LogP contribution in [-0.4, -0.2) is 39.3 Å². The number of sulfonamides is 1. The van der Waals surface area contributed by atoms with Gasteiger partial charge in [0.1, 0.15) is 4.90 Å². The number of aromatic carboxylic acids is 1. The third-order valence-corrected chi connectivity index (χ3v) is 5.28. The molecular formula is C12H16BrNO6S. The number of carbonyl (C=O) groups is 1. The van der Waals surface area contributed by atoms with Crippen LogP contribution in [-0.2, 0) is 14.8 Å². The molecule has 1 saturated carbocycles. The fraction of sp³-hybridized carbons (Fsp3) is 0.583. The van der Waals surface area contributed by atoms with Gasteiger partial charge in [0.25, 0.3) is 0 Å². The number of halogens is 1. The molecule has 1 aromatic rings. The van der Waals surface area contributed by atoms with Gasteiger partial charge in [0, 0.05) is 25.8 Å². The number of nitrogens with one attached hydrogen (secondary N) is 1. The summed E-state index contributed by atoms with van der Waals surface area (Å²) in [6.45, 7) is 1.45. The van der Waals surface area contributed by atoms with E-state index in [1.54, 1.807) is 0 Å². The number of carboxylic acid groups (broad SMARTS) is 1. The van der Waals surface area contributed by atoms with Crippen LogP contribution in [0.2, 0.25) is 0 Å². The lowest BCUT2D eigenvalue weighted by Gasteiger charge is -2.05. The van der Waals surface area contributed by atoms with Gasteiger partial charge in [-0.25, -0.2) is 17.9 Å². The van der Waals surface area contributed by atoms with E-state index in [0.29, 0.717) is 18.9 Å². The van der Waals surface area contributed by atoms with Gasteiger partial charge in [-0.15, -0.1) is 0 Å². The zero-order valence-electron chi connectivity index (χ0n) is 11.2. The van der Waals surface area contributed by atoms with Crippen molar-refractivity contribution in [1.29, 1.82) is 0 Å². The minimum absolute atomic E-state index is 0.127. The van der Waals surface area contributed by atoms with Crippen LogP contribution in [0.3, 0.4) is 0 Å². The number of ether oxygens (including phenoxy) is 1. The highest BCUT2D eigenvalue weighted by atomic mass is 79.9. The Morgan fingerprint density at radius 3 is 2.81 bits per heavy atom. The predicted octanol–water partition coefficient (Wildman–Crippen LogP) is 1.84. The van der Waals surface area contributed by atoms with Crippen molar-refractivity contribution in [3.05, 3.63) is 16.5 Å². The van der Waals surface area contributed by atoms with Gasteiger partial charge < -0.3 is 14.3 Å². The van der Waals surface area contributed by atoms with Gasteiger partial charge in [-0.05, 0) is 41.1 Å². The molecule has 2 rings (SSSR count). The lowest BCUT2D eigenvalue weighted by molar-refractivity contribution is 0.0661. The van der Waals surface area contributed by atoms with Crippen molar-refractivity contribution in [2.24, 2.45) is 5.92 Å². The summed E-state index contributed by atoms with van der Waals surface area (Å²) >= 11 is 2.90. The normalized spacial score (nSPS) is 15.3. The van der Waals surface area contributed by atoms with Crippen LogP contribution < -0.4 is 4.72 Å². The van der Waals surface area contributed by atoms with Gasteiger partial charge in [-0.2, -0.15) is 0 Å². The molecule has 1 heterocycles. The summed E-state index contributed by atoms with van der Waals surface area (Å²) in [7, 11) is -3.80. The average molecular weight is 382 g/mol. The highest BCUT2D eigenvalue weighted by Crippen LogP contribution is 2.28. The highest BCUT2D eigenvalue weighted by molar-refractivity contribution is 9.10. The van der Waals surface area contributed by atoms with Crippen molar-refractivity contribution >= 4 is 31.9 Å². The van der Waals surface area contributed by atoms with E-state index < -0.39 is 21.8 Å². The van der Waals surface area contributed by atoms with Crippen molar-refractivity contribution in [1.82, 2.24) is 4.72 Å². The van der Waals surface area contributed by atoms with E-state index in [-0.39, 0.29) is 16.1 Å². The summed E-state index contributed by atoms with van der Waals surface area (Å²) in [5.74, 6) is -1.08. The fourth-order valence-electron chi connectivity index (χ4n) is 1.63. The van der Waals surface area contributed by atoms with Crippen LogP contribution in [0.25, 0.3) is 0 Å². The molecule has 0 aliphatic heterocycles. The summed E-state index contributed by atoms with van der Waals surface area (Å²) in [5, 5.41) is 8.77. The Kier molecular flexibility index (Phi) is 5.42. The zero-order chi connectivity index (χ0) is 15.5. The van der Waals surface area contributed by atoms with E-state index in [9.17, 15) is 13.2 Å². The van der Waals surface area contributed by atoms with Gasteiger partial charge in [0.05, 0.1) is 0 Å². The number of rotatable bonds is 9. The Morgan fingerprint density at radius 1 is 1.52 bits per heavy atom. The molecule has 1 aliphatic carbocycles. The molecule has 0 aromatic carbocycles. The van der Waals surface area contributed by atoms with E-state index in [0.717, 1.165) is 12.7 Å². The molecule has 0 radical (unpaired) electrons. The van der Waals surface area contributed by atoms with Crippen molar-refractivity contribution in [2.45, 2.75) is 24.2 Å². The predicted molar refractivity (Wildman–Crippen MR) is 76.7 cm³/mol. The van der Waals surface area contributed by atoms with E-state index >= 15 is 0 Å². The van der Waals surface area contributed by atoms with Gasteiger partial charge in [0.15, 0.2) is 4.67 Å². The molecule has 1 aromatic heterocycles. The van der Waals surface area contributed by atoms with Crippen LogP contribution in [0.1, 0.15) is 29.8 Å². The Morgan fingerprint density at radius 2 is 2.24 bits per heavy atom. The van der Waals surface area contributed by atoms with E-state index in [1.165, 1.54) is 12.8 Å². The molecule has 7 nitrogen and oxygen atoms in total. The van der Waals surface area contributed by atoms with Crippen molar-refractivity contribution in [3.63, 3.8) is 0 Å². The van der Waals surface area contributed by atoms with Crippen molar-refractivity contribution in [3.8, 4) is 0 Å². The lowest BCUT2D eigenvalue weighted by atomic mass is 10.4. The van der Waals surface area contributed by atoms with Crippen LogP contribution in [0.5, 0.6) is 0 Å². The molecule has 1 aliphatic rings. The molecule has 0 unspecified atom stereocenters. The topological polar surface area (TPSA) is 106 Å². The van der Waals surface area contributed by atoms with Gasteiger partial charge in [-0.1, -0.05) is 0 Å². The molecule has 0 amide bonds. The van der Waals surface area contributed by atoms with Crippen LogP contribution in [0.15, 0.2) is 20.0 Å². The molecule has 0 atom stereocenters. The Hall–Kier alpha value is -0.900. The molecule has 2 N–H and O–H groups in total. The molecule has 118 valence electrons. The number of carboxylic acids is 1. The molecule has 0 bridgehead atoms. The lowest BCUT2D eigenvalue weighted by Crippen LogP contribution is -2.25. The second-order valence-corrected chi connectivity index (χ2v) is 7.28. The van der Waals surface area contributed by atoms with Gasteiger partial charge >= 0.3 is 5.97 Å². The van der Waals surface area contributed by atoms with E-state index in [4.69, 9.17) is 14.3 Å². The summed E-state index contributed by atoms with van der Waals surface area (Å²) in [6, 6.07) is 0.971. The number of hydrogen-bond donors (Lipinski definition) is 2. The third kappa shape index (κ3) is 4.80. The first-order chi connectivity index (χ1) is 9.90. The standard InChI is InChI=1S/C12H16BrNO6S/c13-11-10(6-9(20-11)12(15)16)21(17,18)14-4-1-5-19-7-8-2-3-8/h6,8,14H,1-5,7H2,(H,15,16). The highest BCUT2D eigenvalue weighted by Gasteiger charge is 2.24. The Balaban J connectivity index is 1.81. The maximum Gasteiger partial charge on any atom is 0.371 e. The molecule has 0 spiro atoms. The van der Waals surface area contributed by atoms with Crippen molar-refractivity contribution < 1.29 is 27.5 Å². The first-order valence-electron chi connectivity index (χ1n) is 6.50. The van der Waals surface area contributed by atoms with Gasteiger partial charge in [-0.3, -0.25) is 0 Å². The molecule has 1 fully saturated rings. The largest absolute Gasteiger partial charge is 0.475 e. The zero-order valence-corrected chi connectivity index (χ0v) is 13.6. The molecule has 0 saturated heterocycles. The molecule has 9 heteroatoms. The second-order valence-electron chi connectivity index (χ2n) is 4.82. The summed E-state index contributed by atoms with van der Waals surface area (Å²) in [6.07, 6.45) is 2.98. The molecular weight excluding hydrogens is 366 g/mol. The monoisotopic (exact) mass is 381 g/mol.